The molecule has 0 saturated heterocycles. The van der Waals surface area contributed by atoms with E-state index in [9.17, 15) is 14.4 Å². The predicted molar refractivity (Wildman–Crippen MR) is 134 cm³/mol. The Bertz CT molecular complexity index is 1540. The average molecular weight is 468 g/mol. The van der Waals surface area contributed by atoms with Crippen LogP contribution in [0.15, 0.2) is 69.9 Å². The normalized spacial score (nSPS) is 21.0. The van der Waals surface area contributed by atoms with Crippen molar-refractivity contribution in [3.05, 3.63) is 77.2 Å². The average Bonchev–Trinajstić information content (AvgIpc) is 3.53. The number of carbonyl (C=O) groups is 3. The van der Waals surface area contributed by atoms with Gasteiger partial charge in [-0.2, -0.15) is 0 Å². The number of benzene rings is 2. The zero-order valence-corrected chi connectivity index (χ0v) is 19.4. The summed E-state index contributed by atoms with van der Waals surface area (Å²) in [5.41, 5.74) is 4.70. The van der Waals surface area contributed by atoms with E-state index in [1.54, 1.807) is 43.7 Å². The number of aliphatic imine (C=N–C) groups is 1. The summed E-state index contributed by atoms with van der Waals surface area (Å²) in [4.78, 5) is 46.0. The second kappa shape index (κ2) is 7.61. The number of amides is 4. The Kier molecular flexibility index (Phi) is 4.62. The summed E-state index contributed by atoms with van der Waals surface area (Å²) in [6.07, 6.45) is 5.63. The van der Waals surface area contributed by atoms with Crippen molar-refractivity contribution in [3.63, 3.8) is 0 Å². The molecule has 1 N–H and O–H groups in total. The third kappa shape index (κ3) is 2.96. The van der Waals surface area contributed by atoms with E-state index >= 15 is 0 Å². The number of nitrogens with zero attached hydrogens (tertiary/aromatic N) is 3. The molecule has 35 heavy (non-hydrogen) atoms. The highest BCUT2D eigenvalue weighted by atomic mass is 16.3. The van der Waals surface area contributed by atoms with Crippen LogP contribution in [0.5, 0.6) is 0 Å². The summed E-state index contributed by atoms with van der Waals surface area (Å²) in [5.74, 6) is -0.984. The number of quaternary nitrogens is 1. The Labute approximate surface area is 201 Å². The third-order valence-corrected chi connectivity index (χ3v) is 7.00. The fourth-order valence-electron chi connectivity index (χ4n) is 5.52. The molecule has 6 rings (SSSR count). The Morgan fingerprint density at radius 2 is 1.80 bits per heavy atom. The first-order chi connectivity index (χ1) is 16.9. The van der Waals surface area contributed by atoms with E-state index in [0.29, 0.717) is 29.8 Å². The zero-order chi connectivity index (χ0) is 24.3. The first-order valence-electron chi connectivity index (χ1n) is 11.4. The van der Waals surface area contributed by atoms with Crippen molar-refractivity contribution < 1.29 is 18.8 Å². The summed E-state index contributed by atoms with van der Waals surface area (Å²) < 4.78 is 5.78. The molecule has 0 aliphatic carbocycles. The van der Waals surface area contributed by atoms with Gasteiger partial charge in [0.1, 0.15) is 12.1 Å². The van der Waals surface area contributed by atoms with Gasteiger partial charge in [0, 0.05) is 54.4 Å². The molecule has 2 aromatic carbocycles. The topological polar surface area (TPSA) is 92.0 Å². The maximum Gasteiger partial charge on any atom is 0.424 e. The van der Waals surface area contributed by atoms with Crippen LogP contribution in [0.25, 0.3) is 22.1 Å². The molecule has 4 amide bonds. The van der Waals surface area contributed by atoms with Crippen LogP contribution in [-0.2, 0) is 16.0 Å². The number of para-hydroxylation sites is 2. The molecule has 174 valence electrons. The minimum atomic E-state index is -0.497. The van der Waals surface area contributed by atoms with Gasteiger partial charge in [-0.25, -0.2) is 9.28 Å². The molecule has 8 heteroatoms. The molecule has 0 fully saturated rings. The van der Waals surface area contributed by atoms with Gasteiger partial charge in [0.15, 0.2) is 5.69 Å². The van der Waals surface area contributed by atoms with E-state index in [-0.39, 0.29) is 21.7 Å². The SMILES string of the molecule is CN(C)C(=O)[N+]12CC=NC=C(C3=C(c4cccc5ccoc45)C(=O)NC3=O)c3cccc(c31)CC2. The highest BCUT2D eigenvalue weighted by molar-refractivity contribution is 6.41. The lowest BCUT2D eigenvalue weighted by molar-refractivity contribution is -0.123. The van der Waals surface area contributed by atoms with E-state index in [4.69, 9.17) is 4.42 Å². The number of fused-ring (bicyclic) bond motifs is 1. The molecule has 3 aliphatic heterocycles. The van der Waals surface area contributed by atoms with Crippen LogP contribution in [0.2, 0.25) is 0 Å². The van der Waals surface area contributed by atoms with E-state index in [2.05, 4.69) is 10.3 Å². The maximum atomic E-state index is 13.5. The molecule has 0 spiro atoms. The molecular weight excluding hydrogens is 444 g/mol. The third-order valence-electron chi connectivity index (χ3n) is 7.00. The Hall–Kier alpha value is -4.30. The van der Waals surface area contributed by atoms with E-state index in [0.717, 1.165) is 28.6 Å². The van der Waals surface area contributed by atoms with E-state index in [1.165, 1.54) is 0 Å². The van der Waals surface area contributed by atoms with Gasteiger partial charge in [0.25, 0.3) is 11.8 Å². The van der Waals surface area contributed by atoms with Crippen LogP contribution in [0, 0.1) is 0 Å². The van der Waals surface area contributed by atoms with Crippen molar-refractivity contribution >= 4 is 51.9 Å². The van der Waals surface area contributed by atoms with Crippen LogP contribution in [0.1, 0.15) is 16.7 Å². The molecule has 1 aromatic heterocycles. The van der Waals surface area contributed by atoms with Crippen molar-refractivity contribution in [2.24, 2.45) is 4.99 Å². The van der Waals surface area contributed by atoms with Gasteiger partial charge in [0.2, 0.25) is 0 Å². The number of nitrogens with one attached hydrogen (secondary N) is 1. The Morgan fingerprint density at radius 3 is 2.63 bits per heavy atom. The predicted octanol–water partition coefficient (Wildman–Crippen LogP) is 3.51. The summed E-state index contributed by atoms with van der Waals surface area (Å²) in [7, 11) is 3.49. The summed E-state index contributed by atoms with van der Waals surface area (Å²) in [6.45, 7) is 1.01. The number of furan rings is 1. The number of urea groups is 1. The van der Waals surface area contributed by atoms with E-state index in [1.807, 2.05) is 36.4 Å². The second-order valence-corrected chi connectivity index (χ2v) is 9.17. The molecule has 3 aromatic rings. The van der Waals surface area contributed by atoms with Crippen LogP contribution in [0.3, 0.4) is 0 Å². The summed E-state index contributed by atoms with van der Waals surface area (Å²) >= 11 is 0. The van der Waals surface area contributed by atoms with Crippen LogP contribution in [0.4, 0.5) is 10.5 Å². The number of imide groups is 1. The minimum Gasteiger partial charge on any atom is -0.464 e. The van der Waals surface area contributed by atoms with Crippen molar-refractivity contribution in [2.45, 2.75) is 6.42 Å². The maximum absolute atomic E-state index is 13.5. The number of rotatable bonds is 2. The van der Waals surface area contributed by atoms with Crippen LogP contribution in [-0.4, -0.2) is 56.1 Å². The van der Waals surface area contributed by atoms with Gasteiger partial charge < -0.3 is 4.42 Å². The Morgan fingerprint density at radius 1 is 1.03 bits per heavy atom. The quantitative estimate of drug-likeness (QED) is 0.461. The Balaban J connectivity index is 1.65. The highest BCUT2D eigenvalue weighted by Gasteiger charge is 2.49. The first kappa shape index (κ1) is 21.2. The standard InChI is InChI=1S/C27H22N4O4/c1-30(2)27(34)31-12-9-16-5-3-7-18(23(16)31)20(15-28-11-13-31)22-21(25(32)29-26(22)33)19-8-4-6-17-10-14-35-24(17)19/h3-8,10-11,14-15H,9,12-13H2,1-2H3/p+1. The van der Waals surface area contributed by atoms with Crippen molar-refractivity contribution in [3.8, 4) is 0 Å². The van der Waals surface area contributed by atoms with Crippen LogP contribution >= 0.6 is 0 Å². The second-order valence-electron chi connectivity index (χ2n) is 9.17. The molecule has 1 unspecified atom stereocenters. The fraction of sp³-hybridized carbons (Fsp3) is 0.185. The first-order valence-corrected chi connectivity index (χ1v) is 11.4. The van der Waals surface area contributed by atoms with Crippen molar-refractivity contribution in [2.75, 3.05) is 27.2 Å². The van der Waals surface area contributed by atoms with Crippen molar-refractivity contribution in [1.82, 2.24) is 14.7 Å². The summed E-state index contributed by atoms with van der Waals surface area (Å²) in [6, 6.07) is 13.1. The molecule has 0 saturated carbocycles. The lowest BCUT2D eigenvalue weighted by Gasteiger charge is -2.34. The number of hydrogen-bond acceptors (Lipinski definition) is 5. The van der Waals surface area contributed by atoms with Crippen LogP contribution < -0.4 is 9.80 Å². The molecule has 0 bridgehead atoms. The molecule has 8 nitrogen and oxygen atoms in total. The number of hydrogen-bond donors (Lipinski definition) is 1. The molecule has 3 aliphatic rings. The fourth-order valence-corrected chi connectivity index (χ4v) is 5.52. The van der Waals surface area contributed by atoms with Gasteiger partial charge in [-0.05, 0) is 12.1 Å². The lowest BCUT2D eigenvalue weighted by atomic mass is 9.89. The molecule has 1 atom stereocenters. The highest BCUT2D eigenvalue weighted by Crippen LogP contribution is 2.46. The van der Waals surface area contributed by atoms with Gasteiger partial charge in [-0.1, -0.05) is 30.3 Å². The molecule has 0 radical (unpaired) electrons. The smallest absolute Gasteiger partial charge is 0.424 e. The monoisotopic (exact) mass is 467 g/mol. The summed E-state index contributed by atoms with van der Waals surface area (Å²) in [5, 5.41) is 3.29. The largest absolute Gasteiger partial charge is 0.464 e. The van der Waals surface area contributed by atoms with Gasteiger partial charge in [0.05, 0.1) is 30.2 Å². The lowest BCUT2D eigenvalue weighted by Crippen LogP contribution is -2.58. The minimum absolute atomic E-state index is 0.0505. The molecular formula is C27H23N4O4+. The van der Waals surface area contributed by atoms with Crippen molar-refractivity contribution in [1.29, 1.82) is 0 Å². The molecule has 4 heterocycles. The van der Waals surface area contributed by atoms with Gasteiger partial charge in [-0.15, -0.1) is 0 Å². The van der Waals surface area contributed by atoms with Gasteiger partial charge >= 0.3 is 6.03 Å². The van der Waals surface area contributed by atoms with E-state index < -0.39 is 11.8 Å². The zero-order valence-electron chi connectivity index (χ0n) is 19.4. The van der Waals surface area contributed by atoms with Gasteiger partial charge in [-0.3, -0.25) is 24.8 Å². The number of carbonyl (C=O) groups excluding carboxylic acids is 3.